The summed E-state index contributed by atoms with van der Waals surface area (Å²) in [7, 11) is 0. The summed E-state index contributed by atoms with van der Waals surface area (Å²) in [5, 5.41) is 14.0. The quantitative estimate of drug-likeness (QED) is 0.668. The maximum Gasteiger partial charge on any atom is 0.275 e. The summed E-state index contributed by atoms with van der Waals surface area (Å²) in [4.78, 5) is 14.8. The van der Waals surface area contributed by atoms with E-state index in [1.807, 2.05) is 6.92 Å². The molecule has 0 aliphatic heterocycles. The number of rotatable bonds is 5. The Balaban J connectivity index is 2.46. The molecule has 0 atom stereocenters. The molecule has 0 saturated heterocycles. The van der Waals surface area contributed by atoms with Crippen molar-refractivity contribution in [3.8, 4) is 11.3 Å². The fraction of sp³-hybridized carbons (Fsp3) is 0.214. The maximum absolute atomic E-state index is 13.2. The lowest BCUT2D eigenvalue weighted by Crippen LogP contribution is -2.03. The molecule has 104 valence electrons. The molecule has 1 heterocycles. The first-order valence-electron chi connectivity index (χ1n) is 6.26. The Morgan fingerprint density at radius 1 is 1.35 bits per heavy atom. The first-order valence-corrected chi connectivity index (χ1v) is 6.26. The van der Waals surface area contributed by atoms with Crippen LogP contribution in [0, 0.1) is 15.9 Å². The van der Waals surface area contributed by atoms with Gasteiger partial charge in [-0.05, 0) is 18.6 Å². The van der Waals surface area contributed by atoms with Gasteiger partial charge in [-0.2, -0.15) is 0 Å². The van der Waals surface area contributed by atoms with E-state index in [1.54, 1.807) is 12.1 Å². The molecular formula is C14H14FN3O2. The van der Waals surface area contributed by atoms with E-state index in [1.165, 1.54) is 24.3 Å². The van der Waals surface area contributed by atoms with Crippen molar-refractivity contribution in [1.82, 2.24) is 4.98 Å². The van der Waals surface area contributed by atoms with E-state index in [4.69, 9.17) is 0 Å². The molecule has 0 fully saturated rings. The van der Waals surface area contributed by atoms with Crippen LogP contribution in [0.15, 0.2) is 36.4 Å². The zero-order valence-electron chi connectivity index (χ0n) is 11.0. The topological polar surface area (TPSA) is 68.1 Å². The number of nitro groups is 1. The number of hydrogen-bond acceptors (Lipinski definition) is 4. The molecule has 1 aromatic heterocycles. The average Bonchev–Trinajstić information content (AvgIpc) is 2.44. The van der Waals surface area contributed by atoms with Crippen LogP contribution < -0.4 is 5.32 Å². The van der Waals surface area contributed by atoms with Gasteiger partial charge in [-0.3, -0.25) is 10.1 Å². The highest BCUT2D eigenvalue weighted by molar-refractivity contribution is 5.65. The van der Waals surface area contributed by atoms with Gasteiger partial charge in [0.15, 0.2) is 0 Å². The predicted octanol–water partition coefficient (Wildman–Crippen LogP) is 3.62. The third-order valence-electron chi connectivity index (χ3n) is 2.70. The normalized spacial score (nSPS) is 10.3. The van der Waals surface area contributed by atoms with Crippen LogP contribution in [0.1, 0.15) is 13.3 Å². The highest BCUT2D eigenvalue weighted by Crippen LogP contribution is 2.25. The molecule has 2 aromatic rings. The third kappa shape index (κ3) is 3.28. The second kappa shape index (κ2) is 6.10. The first kappa shape index (κ1) is 13.9. The van der Waals surface area contributed by atoms with Gasteiger partial charge >= 0.3 is 0 Å². The highest BCUT2D eigenvalue weighted by Gasteiger charge is 2.12. The lowest BCUT2D eigenvalue weighted by Gasteiger charge is -2.07. The summed E-state index contributed by atoms with van der Waals surface area (Å²) in [5.74, 6) is 0.0131. The van der Waals surface area contributed by atoms with Crippen LogP contribution in [0.2, 0.25) is 0 Å². The molecule has 0 unspecified atom stereocenters. The number of halogens is 1. The zero-order valence-corrected chi connectivity index (χ0v) is 11.0. The van der Waals surface area contributed by atoms with Crippen LogP contribution in [0.5, 0.6) is 0 Å². The number of aromatic nitrogens is 1. The number of anilines is 1. The van der Waals surface area contributed by atoms with Crippen LogP contribution in [-0.4, -0.2) is 16.5 Å². The van der Waals surface area contributed by atoms with Crippen LogP contribution in [-0.2, 0) is 0 Å². The summed E-state index contributed by atoms with van der Waals surface area (Å²) in [5.41, 5.74) is 0.809. The van der Waals surface area contributed by atoms with Crippen molar-refractivity contribution in [3.63, 3.8) is 0 Å². The molecule has 20 heavy (non-hydrogen) atoms. The molecule has 2 rings (SSSR count). The molecule has 0 saturated carbocycles. The van der Waals surface area contributed by atoms with Gasteiger partial charge in [0.25, 0.3) is 5.69 Å². The predicted molar refractivity (Wildman–Crippen MR) is 75.1 cm³/mol. The molecule has 0 radical (unpaired) electrons. The van der Waals surface area contributed by atoms with Crippen molar-refractivity contribution in [1.29, 1.82) is 0 Å². The minimum atomic E-state index is -0.485. The summed E-state index contributed by atoms with van der Waals surface area (Å²) < 4.78 is 13.2. The summed E-state index contributed by atoms with van der Waals surface area (Å²) >= 11 is 0. The second-order valence-corrected chi connectivity index (χ2v) is 4.29. The number of pyridine rings is 1. The SMILES string of the molecule is CCCNc1cc([N+](=O)[O-])cc(-c2cccc(F)c2)n1. The van der Waals surface area contributed by atoms with E-state index >= 15 is 0 Å². The number of benzene rings is 1. The molecule has 1 aromatic carbocycles. The fourth-order valence-corrected chi connectivity index (χ4v) is 1.76. The van der Waals surface area contributed by atoms with Crippen molar-refractivity contribution in [2.75, 3.05) is 11.9 Å². The molecule has 5 nitrogen and oxygen atoms in total. The highest BCUT2D eigenvalue weighted by atomic mass is 19.1. The second-order valence-electron chi connectivity index (χ2n) is 4.29. The van der Waals surface area contributed by atoms with E-state index in [2.05, 4.69) is 10.3 Å². The summed E-state index contributed by atoms with van der Waals surface area (Å²) in [6.07, 6.45) is 0.875. The molecule has 0 spiro atoms. The van der Waals surface area contributed by atoms with Gasteiger partial charge in [0.1, 0.15) is 11.6 Å². The Morgan fingerprint density at radius 3 is 2.80 bits per heavy atom. The first-order chi connectivity index (χ1) is 9.60. The van der Waals surface area contributed by atoms with Gasteiger partial charge in [-0.1, -0.05) is 19.1 Å². The Kier molecular flexibility index (Phi) is 4.24. The minimum Gasteiger partial charge on any atom is -0.370 e. The molecule has 6 heteroatoms. The van der Waals surface area contributed by atoms with E-state index in [0.29, 0.717) is 23.6 Å². The summed E-state index contributed by atoms with van der Waals surface area (Å²) in [6.45, 7) is 2.65. The van der Waals surface area contributed by atoms with Gasteiger partial charge in [0, 0.05) is 18.2 Å². The van der Waals surface area contributed by atoms with Gasteiger partial charge in [-0.15, -0.1) is 0 Å². The van der Waals surface area contributed by atoms with Gasteiger partial charge in [0.05, 0.1) is 16.7 Å². The monoisotopic (exact) mass is 275 g/mol. The maximum atomic E-state index is 13.2. The Hall–Kier alpha value is -2.50. The molecule has 0 bridgehead atoms. The van der Waals surface area contributed by atoms with Gasteiger partial charge in [-0.25, -0.2) is 9.37 Å². The van der Waals surface area contributed by atoms with E-state index in [0.717, 1.165) is 6.42 Å². The largest absolute Gasteiger partial charge is 0.370 e. The van der Waals surface area contributed by atoms with E-state index in [9.17, 15) is 14.5 Å². The van der Waals surface area contributed by atoms with E-state index in [-0.39, 0.29) is 5.69 Å². The molecule has 0 aliphatic rings. The third-order valence-corrected chi connectivity index (χ3v) is 2.70. The number of nitrogens with one attached hydrogen (secondary N) is 1. The van der Waals surface area contributed by atoms with Gasteiger partial charge < -0.3 is 5.32 Å². The fourth-order valence-electron chi connectivity index (χ4n) is 1.76. The molecule has 1 N–H and O–H groups in total. The summed E-state index contributed by atoms with van der Waals surface area (Å²) in [6, 6.07) is 8.54. The standard InChI is InChI=1S/C14H14FN3O2/c1-2-6-16-14-9-12(18(19)20)8-13(17-14)10-4-3-5-11(15)7-10/h3-5,7-9H,2,6H2,1H3,(H,16,17). The smallest absolute Gasteiger partial charge is 0.275 e. The Bertz CT molecular complexity index is 632. The average molecular weight is 275 g/mol. The van der Waals surface area contributed by atoms with Gasteiger partial charge in [0.2, 0.25) is 0 Å². The Labute approximate surface area is 115 Å². The van der Waals surface area contributed by atoms with Crippen molar-refractivity contribution in [2.45, 2.75) is 13.3 Å². The van der Waals surface area contributed by atoms with Crippen molar-refractivity contribution < 1.29 is 9.31 Å². The number of nitrogens with zero attached hydrogens (tertiary/aromatic N) is 2. The van der Waals surface area contributed by atoms with Crippen molar-refractivity contribution >= 4 is 11.5 Å². The van der Waals surface area contributed by atoms with Crippen molar-refractivity contribution in [2.24, 2.45) is 0 Å². The minimum absolute atomic E-state index is 0.0714. The Morgan fingerprint density at radius 2 is 2.15 bits per heavy atom. The molecule has 0 aliphatic carbocycles. The van der Waals surface area contributed by atoms with Crippen LogP contribution in [0.3, 0.4) is 0 Å². The van der Waals surface area contributed by atoms with Crippen LogP contribution >= 0.6 is 0 Å². The van der Waals surface area contributed by atoms with Crippen LogP contribution in [0.4, 0.5) is 15.9 Å². The van der Waals surface area contributed by atoms with Crippen molar-refractivity contribution in [3.05, 3.63) is 52.3 Å². The zero-order chi connectivity index (χ0) is 14.5. The molecule has 0 amide bonds. The van der Waals surface area contributed by atoms with E-state index < -0.39 is 10.7 Å². The lowest BCUT2D eigenvalue weighted by molar-refractivity contribution is -0.384. The number of hydrogen-bond donors (Lipinski definition) is 1. The lowest BCUT2D eigenvalue weighted by atomic mass is 10.1. The molecular weight excluding hydrogens is 261 g/mol. The van der Waals surface area contributed by atoms with Crippen LogP contribution in [0.25, 0.3) is 11.3 Å².